The Labute approximate surface area is 73.6 Å². The van der Waals surface area contributed by atoms with Crippen molar-refractivity contribution in [1.82, 2.24) is 4.98 Å². The molecule has 66 valence electrons. The molecular formula is C6H5ClFNO2S. The summed E-state index contributed by atoms with van der Waals surface area (Å²) in [5.41, 5.74) is 0.180. The number of pyridine rings is 1. The minimum absolute atomic E-state index is 0.124. The van der Waals surface area contributed by atoms with Gasteiger partial charge in [-0.2, -0.15) is 0 Å². The van der Waals surface area contributed by atoms with Gasteiger partial charge in [-0.3, -0.25) is 4.98 Å². The van der Waals surface area contributed by atoms with Crippen LogP contribution >= 0.6 is 10.7 Å². The van der Waals surface area contributed by atoms with Gasteiger partial charge in [-0.25, -0.2) is 12.8 Å². The zero-order chi connectivity index (χ0) is 9.19. The average molecular weight is 210 g/mol. The Morgan fingerprint density at radius 2 is 2.17 bits per heavy atom. The molecule has 0 N–H and O–H groups in total. The van der Waals surface area contributed by atoms with Gasteiger partial charge >= 0.3 is 0 Å². The van der Waals surface area contributed by atoms with E-state index in [-0.39, 0.29) is 10.6 Å². The third kappa shape index (κ3) is 2.15. The zero-order valence-electron chi connectivity index (χ0n) is 5.87. The summed E-state index contributed by atoms with van der Waals surface area (Å²) < 4.78 is 33.2. The van der Waals surface area contributed by atoms with Crippen LogP contribution in [0.2, 0.25) is 0 Å². The lowest BCUT2D eigenvalue weighted by Gasteiger charge is -1.95. The smallest absolute Gasteiger partial charge is 0.257 e. The van der Waals surface area contributed by atoms with Gasteiger partial charge < -0.3 is 0 Å². The van der Waals surface area contributed by atoms with Crippen molar-refractivity contribution in [3.8, 4) is 0 Å². The molecule has 0 radical (unpaired) electrons. The first-order valence-electron chi connectivity index (χ1n) is 2.99. The summed E-state index contributed by atoms with van der Waals surface area (Å²) in [6.07, 6.45) is 1.03. The Morgan fingerprint density at radius 3 is 2.50 bits per heavy atom. The van der Waals surface area contributed by atoms with Gasteiger partial charge in [-0.1, -0.05) is 0 Å². The number of hydrogen-bond donors (Lipinski definition) is 0. The predicted octanol–water partition coefficient (Wildman–Crippen LogP) is 1.48. The van der Waals surface area contributed by atoms with Gasteiger partial charge in [-0.05, 0) is 12.1 Å². The molecule has 0 atom stereocenters. The first-order valence-corrected chi connectivity index (χ1v) is 5.30. The summed E-state index contributed by atoms with van der Waals surface area (Å²) >= 11 is 0. The fourth-order valence-corrected chi connectivity index (χ4v) is 1.32. The van der Waals surface area contributed by atoms with E-state index in [4.69, 9.17) is 10.7 Å². The minimum Gasteiger partial charge on any atom is -0.257 e. The second-order valence-corrected chi connectivity index (χ2v) is 4.62. The SMILES string of the molecule is O=S(=O)(Cl)c1ccc(CF)nc1. The van der Waals surface area contributed by atoms with Gasteiger partial charge in [0.05, 0.1) is 5.69 Å². The molecule has 0 bridgehead atoms. The van der Waals surface area contributed by atoms with Gasteiger partial charge in [-0.15, -0.1) is 0 Å². The predicted molar refractivity (Wildman–Crippen MR) is 42.1 cm³/mol. The maximum atomic E-state index is 11.9. The molecule has 12 heavy (non-hydrogen) atoms. The van der Waals surface area contributed by atoms with Crippen LogP contribution in [0, 0.1) is 0 Å². The van der Waals surface area contributed by atoms with Gasteiger partial charge in [0.15, 0.2) is 0 Å². The molecule has 0 aliphatic carbocycles. The molecule has 3 nitrogen and oxygen atoms in total. The summed E-state index contributed by atoms with van der Waals surface area (Å²) in [4.78, 5) is 3.40. The molecule has 0 saturated carbocycles. The number of halogens is 2. The fourth-order valence-electron chi connectivity index (χ4n) is 0.634. The second-order valence-electron chi connectivity index (χ2n) is 2.06. The van der Waals surface area contributed by atoms with E-state index in [0.717, 1.165) is 6.20 Å². The van der Waals surface area contributed by atoms with E-state index in [1.165, 1.54) is 12.1 Å². The van der Waals surface area contributed by atoms with Crippen molar-refractivity contribution in [3.63, 3.8) is 0 Å². The number of nitrogens with zero attached hydrogens (tertiary/aromatic N) is 1. The molecule has 1 aromatic rings. The van der Waals surface area contributed by atoms with Crippen molar-refractivity contribution in [2.24, 2.45) is 0 Å². The first-order chi connectivity index (χ1) is 5.54. The third-order valence-electron chi connectivity index (χ3n) is 1.22. The largest absolute Gasteiger partial charge is 0.262 e. The van der Waals surface area contributed by atoms with E-state index in [9.17, 15) is 12.8 Å². The highest BCUT2D eigenvalue weighted by Crippen LogP contribution is 2.13. The Balaban J connectivity index is 3.09. The number of hydrogen-bond acceptors (Lipinski definition) is 3. The topological polar surface area (TPSA) is 47.0 Å². The molecule has 0 amide bonds. The molecular weight excluding hydrogens is 205 g/mol. The van der Waals surface area contributed by atoms with Crippen LogP contribution in [-0.2, 0) is 15.7 Å². The maximum absolute atomic E-state index is 11.9. The number of alkyl halides is 1. The molecule has 1 aromatic heterocycles. The van der Waals surface area contributed by atoms with E-state index >= 15 is 0 Å². The van der Waals surface area contributed by atoms with Gasteiger partial charge in [0.25, 0.3) is 9.05 Å². The molecule has 1 heterocycles. The summed E-state index contributed by atoms with van der Waals surface area (Å²) in [6, 6.07) is 2.49. The molecule has 0 unspecified atom stereocenters. The van der Waals surface area contributed by atoms with Crippen molar-refractivity contribution >= 4 is 19.7 Å². The second kappa shape index (κ2) is 3.37. The number of aromatic nitrogens is 1. The average Bonchev–Trinajstić information content (AvgIpc) is 2.03. The molecule has 6 heteroatoms. The van der Waals surface area contributed by atoms with E-state index in [1.807, 2.05) is 0 Å². The van der Waals surface area contributed by atoms with Crippen molar-refractivity contribution in [2.75, 3.05) is 0 Å². The van der Waals surface area contributed by atoms with Gasteiger partial charge in [0, 0.05) is 16.9 Å². The summed E-state index contributed by atoms with van der Waals surface area (Å²) in [5, 5.41) is 0. The Morgan fingerprint density at radius 1 is 1.50 bits per heavy atom. The molecule has 0 aliphatic heterocycles. The monoisotopic (exact) mass is 209 g/mol. The Kier molecular flexibility index (Phi) is 2.64. The zero-order valence-corrected chi connectivity index (χ0v) is 7.44. The highest BCUT2D eigenvalue weighted by molar-refractivity contribution is 8.13. The standard InChI is InChI=1S/C6H5ClFNO2S/c7-12(10,11)6-2-1-5(3-8)9-4-6/h1-2,4H,3H2. The highest BCUT2D eigenvalue weighted by Gasteiger charge is 2.09. The summed E-state index contributed by atoms with van der Waals surface area (Å²) in [5.74, 6) is 0. The summed E-state index contributed by atoms with van der Waals surface area (Å²) in [7, 11) is 1.25. The van der Waals surface area contributed by atoms with E-state index in [2.05, 4.69) is 4.98 Å². The van der Waals surface area contributed by atoms with Crippen molar-refractivity contribution < 1.29 is 12.8 Å². The Bertz CT molecular complexity index is 362. The van der Waals surface area contributed by atoms with Crippen LogP contribution < -0.4 is 0 Å². The highest BCUT2D eigenvalue weighted by atomic mass is 35.7. The van der Waals surface area contributed by atoms with Gasteiger partial charge in [0.2, 0.25) is 0 Å². The van der Waals surface area contributed by atoms with Crippen LogP contribution in [0.15, 0.2) is 23.2 Å². The summed E-state index contributed by atoms with van der Waals surface area (Å²) in [6.45, 7) is -0.720. The molecule has 0 saturated heterocycles. The van der Waals surface area contributed by atoms with Crippen molar-refractivity contribution in [2.45, 2.75) is 11.6 Å². The lowest BCUT2D eigenvalue weighted by molar-refractivity contribution is 0.475. The van der Waals surface area contributed by atoms with E-state index in [1.54, 1.807) is 0 Å². The lowest BCUT2D eigenvalue weighted by Crippen LogP contribution is -1.93. The van der Waals surface area contributed by atoms with Crippen molar-refractivity contribution in [3.05, 3.63) is 24.0 Å². The van der Waals surface area contributed by atoms with Crippen LogP contribution in [0.3, 0.4) is 0 Å². The van der Waals surface area contributed by atoms with Gasteiger partial charge in [0.1, 0.15) is 11.6 Å². The van der Waals surface area contributed by atoms with E-state index in [0.29, 0.717) is 0 Å². The quantitative estimate of drug-likeness (QED) is 0.694. The van der Waals surface area contributed by atoms with E-state index < -0.39 is 15.7 Å². The van der Waals surface area contributed by atoms with Crippen molar-refractivity contribution in [1.29, 1.82) is 0 Å². The minimum atomic E-state index is -3.74. The number of rotatable bonds is 2. The molecule has 1 rings (SSSR count). The van der Waals surface area contributed by atoms with Crippen LogP contribution in [0.25, 0.3) is 0 Å². The Hall–Kier alpha value is -0.680. The molecule has 0 fully saturated rings. The lowest BCUT2D eigenvalue weighted by atomic mass is 10.4. The van der Waals surface area contributed by atoms with Crippen LogP contribution in [0.4, 0.5) is 4.39 Å². The van der Waals surface area contributed by atoms with Crippen LogP contribution in [0.5, 0.6) is 0 Å². The third-order valence-corrected chi connectivity index (χ3v) is 2.56. The molecule has 0 spiro atoms. The normalized spacial score (nSPS) is 11.5. The fraction of sp³-hybridized carbons (Fsp3) is 0.167. The maximum Gasteiger partial charge on any atom is 0.262 e. The molecule has 0 aliphatic rings. The molecule has 0 aromatic carbocycles. The van der Waals surface area contributed by atoms with Crippen LogP contribution in [0.1, 0.15) is 5.69 Å². The first kappa shape index (κ1) is 9.41. The van der Waals surface area contributed by atoms with Crippen LogP contribution in [-0.4, -0.2) is 13.4 Å².